The Bertz CT molecular complexity index is 831. The third-order valence-corrected chi connectivity index (χ3v) is 5.30. The SMILES string of the molecule is N#CC(CCl)/C(=C\C(=N)c1ccc(Oc2ccccc2)cc1)C1CCCC1. The van der Waals surface area contributed by atoms with Gasteiger partial charge in [-0.3, -0.25) is 0 Å². The second-order valence-electron chi connectivity index (χ2n) is 6.81. The van der Waals surface area contributed by atoms with Gasteiger partial charge in [-0.05, 0) is 72.4 Å². The molecule has 138 valence electrons. The number of hydrogen-bond acceptors (Lipinski definition) is 3. The third-order valence-electron chi connectivity index (χ3n) is 4.99. The van der Waals surface area contributed by atoms with Crippen LogP contribution in [0.5, 0.6) is 11.5 Å². The van der Waals surface area contributed by atoms with Gasteiger partial charge in [0.15, 0.2) is 0 Å². The topological polar surface area (TPSA) is 56.9 Å². The van der Waals surface area contributed by atoms with Crippen LogP contribution in [0.25, 0.3) is 0 Å². The van der Waals surface area contributed by atoms with Gasteiger partial charge in [0.05, 0.1) is 17.7 Å². The average molecular weight is 379 g/mol. The Kier molecular flexibility index (Phi) is 6.68. The third kappa shape index (κ3) is 4.99. The van der Waals surface area contributed by atoms with Crippen LogP contribution in [0.4, 0.5) is 0 Å². The lowest BCUT2D eigenvalue weighted by Gasteiger charge is -2.18. The van der Waals surface area contributed by atoms with Crippen LogP contribution in [-0.2, 0) is 0 Å². The van der Waals surface area contributed by atoms with Crippen molar-refractivity contribution in [3.8, 4) is 17.6 Å². The Balaban J connectivity index is 1.77. The summed E-state index contributed by atoms with van der Waals surface area (Å²) >= 11 is 6.02. The molecule has 0 heterocycles. The monoisotopic (exact) mass is 378 g/mol. The quantitative estimate of drug-likeness (QED) is 0.451. The largest absolute Gasteiger partial charge is 0.457 e. The summed E-state index contributed by atoms with van der Waals surface area (Å²) < 4.78 is 5.80. The number of para-hydroxylation sites is 1. The number of alkyl halides is 1. The second-order valence-corrected chi connectivity index (χ2v) is 7.12. The van der Waals surface area contributed by atoms with E-state index in [2.05, 4.69) is 6.07 Å². The molecule has 27 heavy (non-hydrogen) atoms. The van der Waals surface area contributed by atoms with Crippen LogP contribution in [-0.4, -0.2) is 11.6 Å². The summed E-state index contributed by atoms with van der Waals surface area (Å²) in [4.78, 5) is 0. The first kappa shape index (κ1) is 19.2. The lowest BCUT2D eigenvalue weighted by atomic mass is 9.86. The number of nitriles is 1. The highest BCUT2D eigenvalue weighted by Crippen LogP contribution is 2.35. The van der Waals surface area contributed by atoms with E-state index >= 15 is 0 Å². The minimum atomic E-state index is -0.323. The standard InChI is InChI=1S/C23H23ClN2O/c24-15-19(16-25)22(17-6-4-5-7-17)14-23(26)18-10-12-21(13-11-18)27-20-8-2-1-3-9-20/h1-3,8-14,17,19,26H,4-7,15H2/b22-14-,26-23?. The summed E-state index contributed by atoms with van der Waals surface area (Å²) in [5.41, 5.74) is 2.23. The fourth-order valence-electron chi connectivity index (χ4n) is 3.54. The second kappa shape index (κ2) is 9.39. The van der Waals surface area contributed by atoms with Crippen molar-refractivity contribution < 1.29 is 4.74 Å². The molecule has 0 saturated heterocycles. The molecule has 0 amide bonds. The van der Waals surface area contributed by atoms with Gasteiger partial charge in [0, 0.05) is 5.88 Å². The maximum Gasteiger partial charge on any atom is 0.127 e. The Labute approximate surface area is 165 Å². The first-order valence-electron chi connectivity index (χ1n) is 9.30. The van der Waals surface area contributed by atoms with Crippen LogP contribution in [0.15, 0.2) is 66.2 Å². The van der Waals surface area contributed by atoms with Gasteiger partial charge in [-0.25, -0.2) is 0 Å². The number of ether oxygens (including phenoxy) is 1. The molecule has 1 unspecified atom stereocenters. The fourth-order valence-corrected chi connectivity index (χ4v) is 3.78. The van der Waals surface area contributed by atoms with Crippen LogP contribution in [0.1, 0.15) is 31.2 Å². The molecule has 1 aliphatic rings. The van der Waals surface area contributed by atoms with Crippen LogP contribution in [0, 0.1) is 28.6 Å². The van der Waals surface area contributed by atoms with Crippen molar-refractivity contribution in [3.05, 3.63) is 71.8 Å². The zero-order valence-electron chi connectivity index (χ0n) is 15.2. The summed E-state index contributed by atoms with van der Waals surface area (Å²) in [6.45, 7) is 0. The van der Waals surface area contributed by atoms with Gasteiger partial charge in [-0.2, -0.15) is 5.26 Å². The Morgan fingerprint density at radius 2 is 1.74 bits per heavy atom. The van der Waals surface area contributed by atoms with Crippen molar-refractivity contribution in [2.24, 2.45) is 11.8 Å². The van der Waals surface area contributed by atoms with Gasteiger partial charge in [-0.15, -0.1) is 11.6 Å². The molecule has 4 heteroatoms. The van der Waals surface area contributed by atoms with Crippen molar-refractivity contribution in [3.63, 3.8) is 0 Å². The number of hydrogen-bond donors (Lipinski definition) is 1. The van der Waals surface area contributed by atoms with Crippen molar-refractivity contribution >= 4 is 17.3 Å². The molecule has 3 rings (SSSR count). The Morgan fingerprint density at radius 3 is 2.33 bits per heavy atom. The predicted molar refractivity (Wildman–Crippen MR) is 110 cm³/mol. The smallest absolute Gasteiger partial charge is 0.127 e. The van der Waals surface area contributed by atoms with Crippen LogP contribution >= 0.6 is 11.6 Å². The van der Waals surface area contributed by atoms with E-state index < -0.39 is 0 Å². The summed E-state index contributed by atoms with van der Waals surface area (Å²) in [6.07, 6.45) is 6.39. The number of rotatable bonds is 7. The molecule has 0 aromatic heterocycles. The van der Waals surface area contributed by atoms with Gasteiger partial charge in [0.25, 0.3) is 0 Å². The lowest BCUT2D eigenvalue weighted by Crippen LogP contribution is -2.13. The van der Waals surface area contributed by atoms with Crippen LogP contribution < -0.4 is 4.74 Å². The molecule has 2 aromatic rings. The molecule has 1 saturated carbocycles. The Morgan fingerprint density at radius 1 is 1.11 bits per heavy atom. The molecule has 2 aromatic carbocycles. The molecule has 0 spiro atoms. The minimum Gasteiger partial charge on any atom is -0.457 e. The molecular weight excluding hydrogens is 356 g/mol. The normalized spacial score (nSPS) is 15.9. The number of nitrogens with one attached hydrogen (secondary N) is 1. The lowest BCUT2D eigenvalue weighted by molar-refractivity contribution is 0.482. The van der Waals surface area contributed by atoms with Gasteiger partial charge < -0.3 is 10.1 Å². The highest BCUT2D eigenvalue weighted by molar-refractivity contribution is 6.18. The fraction of sp³-hybridized carbons (Fsp3) is 0.304. The van der Waals surface area contributed by atoms with Gasteiger partial charge >= 0.3 is 0 Å². The van der Waals surface area contributed by atoms with E-state index in [1.807, 2.05) is 60.7 Å². The number of halogens is 1. The first-order chi connectivity index (χ1) is 13.2. The molecule has 1 fully saturated rings. The van der Waals surface area contributed by atoms with Gasteiger partial charge in [0.2, 0.25) is 0 Å². The maximum absolute atomic E-state index is 9.45. The van der Waals surface area contributed by atoms with E-state index in [0.717, 1.165) is 35.5 Å². The molecule has 1 atom stereocenters. The number of allylic oxidation sites excluding steroid dienone is 2. The van der Waals surface area contributed by atoms with E-state index in [4.69, 9.17) is 21.7 Å². The van der Waals surface area contributed by atoms with Gasteiger partial charge in [-0.1, -0.05) is 31.0 Å². The van der Waals surface area contributed by atoms with Crippen molar-refractivity contribution in [1.29, 1.82) is 10.7 Å². The predicted octanol–water partition coefficient (Wildman–Crippen LogP) is 6.34. The number of nitrogens with zero attached hydrogens (tertiary/aromatic N) is 1. The van der Waals surface area contributed by atoms with E-state index in [-0.39, 0.29) is 11.8 Å². The van der Waals surface area contributed by atoms with E-state index in [1.54, 1.807) is 0 Å². The average Bonchev–Trinajstić information content (AvgIpc) is 3.24. The Hall–Kier alpha value is -2.57. The van der Waals surface area contributed by atoms with E-state index in [9.17, 15) is 5.26 Å². The number of benzene rings is 2. The zero-order chi connectivity index (χ0) is 19.1. The summed E-state index contributed by atoms with van der Waals surface area (Å²) in [5.74, 6) is 1.83. The molecule has 1 aliphatic carbocycles. The van der Waals surface area contributed by atoms with Crippen molar-refractivity contribution in [2.45, 2.75) is 25.7 Å². The molecule has 1 N–H and O–H groups in total. The van der Waals surface area contributed by atoms with Crippen molar-refractivity contribution in [2.75, 3.05) is 5.88 Å². The highest BCUT2D eigenvalue weighted by Gasteiger charge is 2.25. The van der Waals surface area contributed by atoms with Crippen LogP contribution in [0.2, 0.25) is 0 Å². The van der Waals surface area contributed by atoms with E-state index in [0.29, 0.717) is 11.6 Å². The minimum absolute atomic E-state index is 0.274. The van der Waals surface area contributed by atoms with E-state index in [1.165, 1.54) is 12.8 Å². The maximum atomic E-state index is 9.45. The summed E-state index contributed by atoms with van der Waals surface area (Å²) in [6, 6.07) is 19.4. The molecular formula is C23H23ClN2O. The van der Waals surface area contributed by atoms with Crippen molar-refractivity contribution in [1.82, 2.24) is 0 Å². The summed E-state index contributed by atoms with van der Waals surface area (Å²) in [7, 11) is 0. The first-order valence-corrected chi connectivity index (χ1v) is 9.83. The molecule has 3 nitrogen and oxygen atoms in total. The molecule has 0 bridgehead atoms. The highest BCUT2D eigenvalue weighted by atomic mass is 35.5. The van der Waals surface area contributed by atoms with Gasteiger partial charge in [0.1, 0.15) is 11.5 Å². The molecule has 0 aliphatic heterocycles. The molecule has 0 radical (unpaired) electrons. The zero-order valence-corrected chi connectivity index (χ0v) is 16.0. The van der Waals surface area contributed by atoms with Crippen LogP contribution in [0.3, 0.4) is 0 Å². The summed E-state index contributed by atoms with van der Waals surface area (Å²) in [5, 5.41) is 17.9.